The minimum atomic E-state index is -0.0454. The van der Waals surface area contributed by atoms with Crippen molar-refractivity contribution in [3.63, 3.8) is 0 Å². The van der Waals surface area contributed by atoms with Gasteiger partial charge in [-0.2, -0.15) is 0 Å². The van der Waals surface area contributed by atoms with E-state index in [1.165, 1.54) is 0 Å². The summed E-state index contributed by atoms with van der Waals surface area (Å²) in [6.45, 7) is 3.86. The Hall–Kier alpha value is -2.79. The number of amides is 1. The summed E-state index contributed by atoms with van der Waals surface area (Å²) < 4.78 is 7.19. The molecule has 162 valence electrons. The lowest BCUT2D eigenvalue weighted by Gasteiger charge is -2.27. The monoisotopic (exact) mass is 438 g/mol. The van der Waals surface area contributed by atoms with E-state index in [1.807, 2.05) is 43.5 Å². The quantitative estimate of drug-likeness (QED) is 0.521. The molecule has 0 spiro atoms. The Labute approximate surface area is 187 Å². The van der Waals surface area contributed by atoms with Crippen molar-refractivity contribution in [2.24, 2.45) is 5.92 Å². The summed E-state index contributed by atoms with van der Waals surface area (Å²) in [5, 5.41) is 4.92. The van der Waals surface area contributed by atoms with Gasteiger partial charge in [0.15, 0.2) is 0 Å². The predicted octanol–water partition coefficient (Wildman–Crippen LogP) is 5.11. The minimum absolute atomic E-state index is 0.0250. The first kappa shape index (κ1) is 21.4. The predicted molar refractivity (Wildman–Crippen MR) is 122 cm³/mol. The Kier molecular flexibility index (Phi) is 6.62. The molecule has 1 saturated carbocycles. The van der Waals surface area contributed by atoms with Gasteiger partial charge in [-0.05, 0) is 80.0 Å². The first-order valence-corrected chi connectivity index (χ1v) is 11.1. The van der Waals surface area contributed by atoms with Gasteiger partial charge in [-0.1, -0.05) is 23.7 Å². The van der Waals surface area contributed by atoms with Gasteiger partial charge in [0.05, 0.1) is 11.1 Å². The molecule has 2 aromatic carbocycles. The molecule has 1 aromatic heterocycles. The van der Waals surface area contributed by atoms with E-state index in [4.69, 9.17) is 16.3 Å². The Balaban J connectivity index is 1.49. The number of aromatic nitrogens is 1. The van der Waals surface area contributed by atoms with Crippen LogP contribution in [0.1, 0.15) is 47.2 Å². The van der Waals surface area contributed by atoms with Crippen LogP contribution in [0, 0.1) is 12.8 Å². The van der Waals surface area contributed by atoms with Crippen molar-refractivity contribution < 1.29 is 14.3 Å². The summed E-state index contributed by atoms with van der Waals surface area (Å²) in [5.74, 6) is 0.368. The van der Waals surface area contributed by atoms with Crippen LogP contribution in [0.5, 0.6) is 0 Å². The maximum absolute atomic E-state index is 13.2. The van der Waals surface area contributed by atoms with Gasteiger partial charge < -0.3 is 14.6 Å². The van der Waals surface area contributed by atoms with E-state index in [9.17, 15) is 9.59 Å². The average molecular weight is 439 g/mol. The van der Waals surface area contributed by atoms with Crippen molar-refractivity contribution in [1.29, 1.82) is 0 Å². The summed E-state index contributed by atoms with van der Waals surface area (Å²) >= 11 is 6.01. The van der Waals surface area contributed by atoms with Gasteiger partial charge in [0.2, 0.25) is 0 Å². The Bertz CT molecular complexity index is 1070. The number of fused-ring (bicyclic) bond motifs is 1. The van der Waals surface area contributed by atoms with Crippen LogP contribution in [-0.2, 0) is 16.1 Å². The molecule has 1 N–H and O–H groups in total. The molecule has 1 aliphatic carbocycles. The number of carbonyl (C=O) groups is 2. The smallest absolute Gasteiger partial charge is 0.293 e. The Morgan fingerprint density at radius 2 is 1.90 bits per heavy atom. The van der Waals surface area contributed by atoms with E-state index < -0.39 is 0 Å². The summed E-state index contributed by atoms with van der Waals surface area (Å²) in [6.07, 6.45) is 5.68. The normalized spacial score (nSPS) is 18.6. The highest BCUT2D eigenvalue weighted by molar-refractivity contribution is 6.30. The summed E-state index contributed by atoms with van der Waals surface area (Å²) in [4.78, 5) is 23.7. The molecule has 0 radical (unpaired) electrons. The highest BCUT2D eigenvalue weighted by Crippen LogP contribution is 2.27. The highest BCUT2D eigenvalue weighted by Gasteiger charge is 2.23. The van der Waals surface area contributed by atoms with E-state index >= 15 is 0 Å². The molecule has 0 unspecified atom stereocenters. The lowest BCUT2D eigenvalue weighted by molar-refractivity contribution is -0.135. The number of nitrogens with one attached hydrogen (secondary N) is 1. The molecule has 1 heterocycles. The molecule has 31 heavy (non-hydrogen) atoms. The van der Waals surface area contributed by atoms with Crippen molar-refractivity contribution in [3.8, 4) is 0 Å². The van der Waals surface area contributed by atoms with Crippen molar-refractivity contribution in [2.75, 3.05) is 6.54 Å². The van der Waals surface area contributed by atoms with E-state index in [2.05, 4.69) is 22.0 Å². The van der Waals surface area contributed by atoms with Crippen molar-refractivity contribution in [1.82, 2.24) is 9.88 Å². The second-order valence-corrected chi connectivity index (χ2v) is 8.84. The molecule has 0 bridgehead atoms. The number of benzene rings is 2. The molecule has 0 atom stereocenters. The molecule has 1 aliphatic rings. The van der Waals surface area contributed by atoms with Crippen molar-refractivity contribution in [3.05, 3.63) is 70.4 Å². The number of aryl methyl sites for hydroxylation is 1. The van der Waals surface area contributed by atoms with Crippen LogP contribution >= 0.6 is 11.6 Å². The van der Waals surface area contributed by atoms with E-state index in [0.717, 1.165) is 47.7 Å². The second-order valence-electron chi connectivity index (χ2n) is 8.41. The minimum Gasteiger partial charge on any atom is -0.465 e. The maximum Gasteiger partial charge on any atom is 0.293 e. The molecule has 5 nitrogen and oxygen atoms in total. The molecule has 1 fully saturated rings. The van der Waals surface area contributed by atoms with Crippen molar-refractivity contribution >= 4 is 34.9 Å². The van der Waals surface area contributed by atoms with Gasteiger partial charge in [0.25, 0.3) is 12.4 Å². The number of rotatable bonds is 7. The number of ether oxygens (including phenoxy) is 1. The number of carbonyl (C=O) groups excluding carboxylic acids is 2. The molecule has 4 rings (SSSR count). The topological polar surface area (TPSA) is 60.3 Å². The zero-order valence-electron chi connectivity index (χ0n) is 17.6. The van der Waals surface area contributed by atoms with Crippen LogP contribution in [0.2, 0.25) is 5.02 Å². The fourth-order valence-electron chi connectivity index (χ4n) is 4.47. The number of hydrogen-bond donors (Lipinski definition) is 1. The van der Waals surface area contributed by atoms with Crippen LogP contribution in [-0.4, -0.2) is 29.6 Å². The van der Waals surface area contributed by atoms with Gasteiger partial charge in [-0.3, -0.25) is 9.59 Å². The van der Waals surface area contributed by atoms with Crippen LogP contribution in [0.15, 0.2) is 48.7 Å². The largest absolute Gasteiger partial charge is 0.465 e. The maximum atomic E-state index is 13.2. The third-order valence-corrected chi connectivity index (χ3v) is 6.36. The first-order chi connectivity index (χ1) is 15.0. The summed E-state index contributed by atoms with van der Waals surface area (Å²) in [7, 11) is 0. The van der Waals surface area contributed by atoms with Gasteiger partial charge >= 0.3 is 0 Å². The zero-order valence-corrected chi connectivity index (χ0v) is 18.4. The molecule has 3 aromatic rings. The molecule has 1 amide bonds. The zero-order chi connectivity index (χ0) is 21.8. The van der Waals surface area contributed by atoms with Gasteiger partial charge in [0.1, 0.15) is 6.10 Å². The Morgan fingerprint density at radius 1 is 1.16 bits per heavy atom. The van der Waals surface area contributed by atoms with Gasteiger partial charge in [-0.25, -0.2) is 0 Å². The summed E-state index contributed by atoms with van der Waals surface area (Å²) in [5.41, 5.74) is 3.84. The first-order valence-electron chi connectivity index (χ1n) is 10.7. The standard InChI is InChI=1S/C25H27ClN2O3/c1-17-12-20-10-11-28(15-19-2-6-21(26)7-3-19)24(20)23(13-17)25(30)27-14-18-4-8-22(9-5-18)31-16-29/h2-3,6-7,10-13,16,18,22H,4-5,8-9,14-15H2,1H3,(H,27,30). The van der Waals surface area contributed by atoms with Crippen LogP contribution in [0.3, 0.4) is 0 Å². The van der Waals surface area contributed by atoms with Crippen LogP contribution in [0.4, 0.5) is 0 Å². The Morgan fingerprint density at radius 3 is 2.61 bits per heavy atom. The molecular formula is C25H27ClN2O3. The third-order valence-electron chi connectivity index (χ3n) is 6.11. The van der Waals surface area contributed by atoms with Gasteiger partial charge in [-0.15, -0.1) is 0 Å². The SMILES string of the molecule is Cc1cc(C(=O)NCC2CCC(OC=O)CC2)c2c(ccn2Cc2ccc(Cl)cc2)c1. The average Bonchev–Trinajstić information content (AvgIpc) is 3.16. The second kappa shape index (κ2) is 9.56. The summed E-state index contributed by atoms with van der Waals surface area (Å²) in [6, 6.07) is 13.9. The lowest BCUT2D eigenvalue weighted by Crippen LogP contribution is -2.33. The van der Waals surface area contributed by atoms with Crippen LogP contribution < -0.4 is 5.32 Å². The van der Waals surface area contributed by atoms with Gasteiger partial charge in [0, 0.05) is 29.7 Å². The molecule has 0 aliphatic heterocycles. The van der Waals surface area contributed by atoms with Crippen LogP contribution in [0.25, 0.3) is 10.9 Å². The molecule has 6 heteroatoms. The number of halogens is 1. The van der Waals surface area contributed by atoms with Crippen molar-refractivity contribution in [2.45, 2.75) is 45.3 Å². The molecule has 0 saturated heterocycles. The van der Waals surface area contributed by atoms with E-state index in [-0.39, 0.29) is 12.0 Å². The fourth-order valence-corrected chi connectivity index (χ4v) is 4.60. The highest BCUT2D eigenvalue weighted by atomic mass is 35.5. The lowest BCUT2D eigenvalue weighted by atomic mass is 9.87. The van der Waals surface area contributed by atoms with E-state index in [1.54, 1.807) is 0 Å². The fraction of sp³-hybridized carbons (Fsp3) is 0.360. The third kappa shape index (κ3) is 5.10. The number of hydrogen-bond acceptors (Lipinski definition) is 3. The molecular weight excluding hydrogens is 412 g/mol. The number of nitrogens with zero attached hydrogens (tertiary/aromatic N) is 1. The van der Waals surface area contributed by atoms with E-state index in [0.29, 0.717) is 36.1 Å².